The molecule has 4 N–H and O–H groups in total. The Bertz CT molecular complexity index is 599. The van der Waals surface area contributed by atoms with Crippen LogP contribution in [-0.4, -0.2) is 26.9 Å². The average molecular weight is 297 g/mol. The summed E-state index contributed by atoms with van der Waals surface area (Å²) in [6.07, 6.45) is 1.27. The number of piperidine rings is 1. The van der Waals surface area contributed by atoms with Gasteiger partial charge in [0.15, 0.2) is 0 Å². The summed E-state index contributed by atoms with van der Waals surface area (Å²) in [6, 6.07) is 5.50. The first-order valence-electron chi connectivity index (χ1n) is 6.56. The molecule has 1 amide bonds. The van der Waals surface area contributed by atoms with Crippen molar-refractivity contribution in [3.8, 4) is 0 Å². The number of hydrogen-bond donors (Lipinski definition) is 3. The van der Waals surface area contributed by atoms with Crippen molar-refractivity contribution in [3.63, 3.8) is 0 Å². The molecule has 1 aromatic rings. The zero-order chi connectivity index (χ0) is 14.8. The third kappa shape index (κ3) is 3.36. The topological polar surface area (TPSA) is 101 Å². The molecule has 110 valence electrons. The number of amides is 1. The second kappa shape index (κ2) is 5.90. The van der Waals surface area contributed by atoms with Crippen LogP contribution >= 0.6 is 0 Å². The molecule has 0 radical (unpaired) electrons. The third-order valence-electron chi connectivity index (χ3n) is 3.28. The van der Waals surface area contributed by atoms with Crippen LogP contribution in [0.25, 0.3) is 0 Å². The van der Waals surface area contributed by atoms with Crippen LogP contribution < -0.4 is 15.8 Å². The van der Waals surface area contributed by atoms with Gasteiger partial charge in [-0.25, -0.2) is 8.42 Å². The fraction of sp³-hybridized carbons (Fsp3) is 0.462. The van der Waals surface area contributed by atoms with E-state index in [0.29, 0.717) is 13.0 Å². The highest BCUT2D eigenvalue weighted by molar-refractivity contribution is 7.89. The van der Waals surface area contributed by atoms with Gasteiger partial charge in [-0.3, -0.25) is 4.79 Å². The molecule has 20 heavy (non-hydrogen) atoms. The Labute approximate surface area is 118 Å². The number of sulfonamides is 1. The lowest BCUT2D eigenvalue weighted by molar-refractivity contribution is -0.124. The number of benzene rings is 1. The Morgan fingerprint density at radius 1 is 1.45 bits per heavy atom. The zero-order valence-corrected chi connectivity index (χ0v) is 12.1. The van der Waals surface area contributed by atoms with Gasteiger partial charge >= 0.3 is 0 Å². The highest BCUT2D eigenvalue weighted by atomic mass is 32.2. The van der Waals surface area contributed by atoms with Crippen molar-refractivity contribution in [2.75, 3.05) is 6.54 Å². The van der Waals surface area contributed by atoms with E-state index < -0.39 is 16.1 Å². The number of carbonyl (C=O) groups is 1. The molecule has 7 heteroatoms. The summed E-state index contributed by atoms with van der Waals surface area (Å²) in [7, 11) is -3.72. The van der Waals surface area contributed by atoms with Crippen molar-refractivity contribution < 1.29 is 13.2 Å². The number of nitrogens with one attached hydrogen (secondary N) is 2. The molecule has 1 fully saturated rings. The highest BCUT2D eigenvalue weighted by Crippen LogP contribution is 2.17. The van der Waals surface area contributed by atoms with E-state index in [1.807, 2.05) is 0 Å². The second-order valence-corrected chi connectivity index (χ2v) is 6.68. The molecule has 2 unspecified atom stereocenters. The fourth-order valence-electron chi connectivity index (χ4n) is 2.10. The van der Waals surface area contributed by atoms with Crippen molar-refractivity contribution in [1.82, 2.24) is 10.0 Å². The van der Waals surface area contributed by atoms with Gasteiger partial charge in [-0.05, 0) is 37.5 Å². The normalized spacial score (nSPS) is 21.3. The van der Waals surface area contributed by atoms with Crippen LogP contribution in [0.15, 0.2) is 29.2 Å². The van der Waals surface area contributed by atoms with Crippen LogP contribution in [0.1, 0.15) is 31.4 Å². The quantitative estimate of drug-likeness (QED) is 0.742. The fourth-order valence-corrected chi connectivity index (χ4v) is 3.39. The van der Waals surface area contributed by atoms with Gasteiger partial charge in [0.25, 0.3) is 0 Å². The van der Waals surface area contributed by atoms with Gasteiger partial charge in [-0.2, -0.15) is 4.72 Å². The molecule has 1 aliphatic heterocycles. The minimum absolute atomic E-state index is 0.130. The molecule has 6 nitrogen and oxygen atoms in total. The summed E-state index contributed by atoms with van der Waals surface area (Å²) in [4.78, 5) is 11.8. The molecule has 1 heterocycles. The van der Waals surface area contributed by atoms with E-state index in [1.165, 1.54) is 12.1 Å². The van der Waals surface area contributed by atoms with E-state index in [4.69, 9.17) is 5.73 Å². The largest absolute Gasteiger partial charge is 0.355 e. The molecule has 1 aliphatic rings. The Kier molecular flexibility index (Phi) is 4.42. The number of rotatable bonds is 4. The van der Waals surface area contributed by atoms with Gasteiger partial charge in [0.2, 0.25) is 15.9 Å². The van der Waals surface area contributed by atoms with Crippen LogP contribution in [0.4, 0.5) is 0 Å². The van der Waals surface area contributed by atoms with E-state index in [-0.39, 0.29) is 16.8 Å². The molecule has 0 bridgehead atoms. The number of carbonyl (C=O) groups excluding carboxylic acids is 1. The van der Waals surface area contributed by atoms with E-state index in [9.17, 15) is 13.2 Å². The SMILES string of the molecule is CC(N)c1cccc(S(=O)(=O)NC2CCCNC2=O)c1. The molecule has 0 spiro atoms. The van der Waals surface area contributed by atoms with E-state index in [0.717, 1.165) is 12.0 Å². The zero-order valence-electron chi connectivity index (χ0n) is 11.3. The Morgan fingerprint density at radius 3 is 2.85 bits per heavy atom. The summed E-state index contributed by atoms with van der Waals surface area (Å²) < 4.78 is 27.0. The smallest absolute Gasteiger partial charge is 0.241 e. The maximum absolute atomic E-state index is 12.3. The number of hydrogen-bond acceptors (Lipinski definition) is 4. The van der Waals surface area contributed by atoms with Gasteiger partial charge < -0.3 is 11.1 Å². The van der Waals surface area contributed by atoms with Crippen LogP contribution in [0, 0.1) is 0 Å². The second-order valence-electron chi connectivity index (χ2n) is 4.97. The molecule has 2 rings (SSSR count). The highest BCUT2D eigenvalue weighted by Gasteiger charge is 2.27. The first kappa shape index (κ1) is 15.0. The maximum atomic E-state index is 12.3. The van der Waals surface area contributed by atoms with Gasteiger partial charge in [-0.15, -0.1) is 0 Å². The molecule has 0 saturated carbocycles. The van der Waals surface area contributed by atoms with E-state index in [2.05, 4.69) is 10.0 Å². The first-order valence-corrected chi connectivity index (χ1v) is 8.04. The summed E-state index contributed by atoms with van der Waals surface area (Å²) in [5.74, 6) is -0.275. The van der Waals surface area contributed by atoms with Crippen molar-refractivity contribution in [1.29, 1.82) is 0 Å². The monoisotopic (exact) mass is 297 g/mol. The Balaban J connectivity index is 2.21. The van der Waals surface area contributed by atoms with E-state index >= 15 is 0 Å². The lowest BCUT2D eigenvalue weighted by Crippen LogP contribution is -2.50. The molecular formula is C13H19N3O3S. The lowest BCUT2D eigenvalue weighted by atomic mass is 10.1. The van der Waals surface area contributed by atoms with Gasteiger partial charge in [-0.1, -0.05) is 12.1 Å². The third-order valence-corrected chi connectivity index (χ3v) is 4.75. The molecular weight excluding hydrogens is 278 g/mol. The summed E-state index contributed by atoms with van der Waals surface area (Å²) in [5, 5.41) is 2.65. The van der Waals surface area contributed by atoms with Gasteiger partial charge in [0.1, 0.15) is 6.04 Å². The lowest BCUT2D eigenvalue weighted by Gasteiger charge is -2.22. The van der Waals surface area contributed by atoms with Gasteiger partial charge in [0.05, 0.1) is 4.90 Å². The van der Waals surface area contributed by atoms with Crippen LogP contribution in [-0.2, 0) is 14.8 Å². The Morgan fingerprint density at radius 2 is 2.20 bits per heavy atom. The van der Waals surface area contributed by atoms with Crippen molar-refractivity contribution >= 4 is 15.9 Å². The molecule has 1 saturated heterocycles. The maximum Gasteiger partial charge on any atom is 0.241 e. The summed E-state index contributed by atoms with van der Waals surface area (Å²) in [6.45, 7) is 2.38. The van der Waals surface area contributed by atoms with Crippen molar-refractivity contribution in [2.45, 2.75) is 36.7 Å². The summed E-state index contributed by atoms with van der Waals surface area (Å²) in [5.41, 5.74) is 6.49. The Hall–Kier alpha value is -1.44. The summed E-state index contributed by atoms with van der Waals surface area (Å²) >= 11 is 0. The predicted octanol–water partition coefficient (Wildman–Crippen LogP) is 0.263. The molecule has 0 aliphatic carbocycles. The molecule has 1 aromatic carbocycles. The number of nitrogens with two attached hydrogens (primary N) is 1. The van der Waals surface area contributed by atoms with Crippen LogP contribution in [0.5, 0.6) is 0 Å². The standard InChI is InChI=1S/C13H19N3O3S/c1-9(14)10-4-2-5-11(8-10)20(18,19)16-12-6-3-7-15-13(12)17/h2,4-5,8-9,12,16H,3,6-7,14H2,1H3,(H,15,17). The van der Waals surface area contributed by atoms with Crippen molar-refractivity contribution in [3.05, 3.63) is 29.8 Å². The van der Waals surface area contributed by atoms with Crippen LogP contribution in [0.2, 0.25) is 0 Å². The molecule has 0 aromatic heterocycles. The van der Waals surface area contributed by atoms with Crippen molar-refractivity contribution in [2.24, 2.45) is 5.73 Å². The molecule has 2 atom stereocenters. The predicted molar refractivity (Wildman–Crippen MR) is 75.4 cm³/mol. The minimum atomic E-state index is -3.72. The van der Waals surface area contributed by atoms with Gasteiger partial charge in [0, 0.05) is 12.6 Å². The first-order chi connectivity index (χ1) is 9.40. The average Bonchev–Trinajstić information content (AvgIpc) is 2.41. The minimum Gasteiger partial charge on any atom is -0.355 e. The van der Waals surface area contributed by atoms with E-state index in [1.54, 1.807) is 19.1 Å². The van der Waals surface area contributed by atoms with Crippen LogP contribution in [0.3, 0.4) is 0 Å².